The number of aryl methyl sites for hydroxylation is 2. The van der Waals surface area contributed by atoms with Crippen molar-refractivity contribution in [1.29, 1.82) is 0 Å². The van der Waals surface area contributed by atoms with Crippen molar-refractivity contribution >= 4 is 5.91 Å². The molecular weight excluding hydrogens is 200 g/mol. The molecule has 3 heteroatoms. The molecule has 0 radical (unpaired) electrons. The van der Waals surface area contributed by atoms with E-state index in [9.17, 15) is 4.79 Å². The van der Waals surface area contributed by atoms with E-state index < -0.39 is 0 Å². The van der Waals surface area contributed by atoms with Crippen LogP contribution in [-0.2, 0) is 0 Å². The van der Waals surface area contributed by atoms with E-state index in [-0.39, 0.29) is 11.9 Å². The topological polar surface area (TPSA) is 42.0 Å². The molecule has 0 aromatic carbocycles. The number of amides is 1. The van der Waals surface area contributed by atoms with Gasteiger partial charge in [-0.25, -0.2) is 0 Å². The molecule has 1 aromatic heterocycles. The molecule has 0 spiro atoms. The van der Waals surface area contributed by atoms with Gasteiger partial charge in [-0.15, -0.1) is 0 Å². The van der Waals surface area contributed by atoms with Crippen LogP contribution in [0.15, 0.2) is 12.1 Å². The van der Waals surface area contributed by atoms with Gasteiger partial charge in [-0.2, -0.15) is 0 Å². The molecule has 1 aromatic rings. The first kappa shape index (κ1) is 14.6. The zero-order chi connectivity index (χ0) is 12.7. The van der Waals surface area contributed by atoms with Gasteiger partial charge >= 0.3 is 0 Å². The third-order valence-corrected chi connectivity index (χ3v) is 1.76. The summed E-state index contributed by atoms with van der Waals surface area (Å²) in [6.07, 6.45) is 0. The summed E-state index contributed by atoms with van der Waals surface area (Å²) in [5.41, 5.74) is 2.43. The SMILES string of the molecule is CC.Cc1cc(C(=O)NC(C)C)cc(C)n1. The Morgan fingerprint density at radius 2 is 1.62 bits per heavy atom. The average Bonchev–Trinajstić information content (AvgIpc) is 2.18. The Morgan fingerprint density at radius 1 is 1.19 bits per heavy atom. The van der Waals surface area contributed by atoms with Gasteiger partial charge in [-0.1, -0.05) is 13.8 Å². The molecular formula is C13H22N2O. The Morgan fingerprint density at radius 3 is 2.00 bits per heavy atom. The summed E-state index contributed by atoms with van der Waals surface area (Å²) in [6, 6.07) is 3.76. The van der Waals surface area contributed by atoms with Crippen molar-refractivity contribution in [3.8, 4) is 0 Å². The number of nitrogens with zero attached hydrogens (tertiary/aromatic N) is 1. The number of hydrogen-bond donors (Lipinski definition) is 1. The van der Waals surface area contributed by atoms with E-state index in [0.29, 0.717) is 5.56 Å². The highest BCUT2D eigenvalue weighted by Gasteiger charge is 2.07. The molecule has 0 atom stereocenters. The second-order valence-corrected chi connectivity index (χ2v) is 3.77. The first-order valence-electron chi connectivity index (χ1n) is 5.75. The molecule has 1 amide bonds. The fourth-order valence-electron chi connectivity index (χ4n) is 1.31. The van der Waals surface area contributed by atoms with Crippen LogP contribution in [0.1, 0.15) is 49.4 Å². The zero-order valence-corrected chi connectivity index (χ0v) is 11.1. The lowest BCUT2D eigenvalue weighted by Gasteiger charge is -2.09. The second kappa shape index (κ2) is 6.99. The zero-order valence-electron chi connectivity index (χ0n) is 11.1. The Bertz CT molecular complexity index is 326. The van der Waals surface area contributed by atoms with Crippen molar-refractivity contribution in [1.82, 2.24) is 10.3 Å². The third-order valence-electron chi connectivity index (χ3n) is 1.76. The van der Waals surface area contributed by atoms with Gasteiger partial charge in [0.1, 0.15) is 0 Å². The molecule has 0 saturated heterocycles. The van der Waals surface area contributed by atoms with Crippen LogP contribution < -0.4 is 5.32 Å². The first-order chi connectivity index (χ1) is 7.49. The number of hydrogen-bond acceptors (Lipinski definition) is 2. The summed E-state index contributed by atoms with van der Waals surface area (Å²) in [5.74, 6) is -0.0337. The van der Waals surface area contributed by atoms with Gasteiger partial charge in [-0.3, -0.25) is 9.78 Å². The molecule has 1 rings (SSSR count). The van der Waals surface area contributed by atoms with E-state index >= 15 is 0 Å². The fourth-order valence-corrected chi connectivity index (χ4v) is 1.31. The van der Waals surface area contributed by atoms with E-state index in [1.165, 1.54) is 0 Å². The van der Waals surface area contributed by atoms with Crippen molar-refractivity contribution in [2.45, 2.75) is 47.6 Å². The fraction of sp³-hybridized carbons (Fsp3) is 0.538. The van der Waals surface area contributed by atoms with Crippen LogP contribution in [0, 0.1) is 13.8 Å². The Balaban J connectivity index is 0.00000106. The minimum Gasteiger partial charge on any atom is -0.350 e. The molecule has 0 fully saturated rings. The minimum atomic E-state index is -0.0337. The molecule has 90 valence electrons. The molecule has 0 aliphatic heterocycles. The molecule has 0 aliphatic carbocycles. The number of nitrogens with one attached hydrogen (secondary N) is 1. The predicted molar refractivity (Wildman–Crippen MR) is 67.7 cm³/mol. The average molecular weight is 222 g/mol. The third kappa shape index (κ3) is 4.91. The van der Waals surface area contributed by atoms with Gasteiger partial charge in [0.15, 0.2) is 0 Å². The van der Waals surface area contributed by atoms with E-state index in [1.54, 1.807) is 12.1 Å². The van der Waals surface area contributed by atoms with Gasteiger partial charge in [-0.05, 0) is 39.8 Å². The second-order valence-electron chi connectivity index (χ2n) is 3.77. The van der Waals surface area contributed by atoms with Gasteiger partial charge in [0.2, 0.25) is 0 Å². The lowest BCUT2D eigenvalue weighted by molar-refractivity contribution is 0.0943. The summed E-state index contributed by atoms with van der Waals surface area (Å²) >= 11 is 0. The van der Waals surface area contributed by atoms with E-state index in [2.05, 4.69) is 10.3 Å². The summed E-state index contributed by atoms with van der Waals surface area (Å²) < 4.78 is 0. The lowest BCUT2D eigenvalue weighted by Crippen LogP contribution is -2.30. The molecule has 3 nitrogen and oxygen atoms in total. The van der Waals surface area contributed by atoms with E-state index in [4.69, 9.17) is 0 Å². The first-order valence-corrected chi connectivity index (χ1v) is 5.75. The van der Waals surface area contributed by atoms with Crippen LogP contribution in [0.25, 0.3) is 0 Å². The molecule has 1 heterocycles. The van der Waals surface area contributed by atoms with Crippen molar-refractivity contribution in [3.63, 3.8) is 0 Å². The summed E-state index contributed by atoms with van der Waals surface area (Å²) in [7, 11) is 0. The van der Waals surface area contributed by atoms with Crippen LogP contribution in [0.5, 0.6) is 0 Å². The molecule has 0 unspecified atom stereocenters. The predicted octanol–water partition coefficient (Wildman–Crippen LogP) is 2.86. The number of rotatable bonds is 2. The highest BCUT2D eigenvalue weighted by atomic mass is 16.1. The number of aromatic nitrogens is 1. The normalized spacial score (nSPS) is 9.44. The van der Waals surface area contributed by atoms with E-state index in [0.717, 1.165) is 11.4 Å². The molecule has 0 bridgehead atoms. The maximum Gasteiger partial charge on any atom is 0.251 e. The van der Waals surface area contributed by atoms with Crippen LogP contribution in [0.3, 0.4) is 0 Å². The Kier molecular flexibility index (Phi) is 6.38. The number of carbonyl (C=O) groups excluding carboxylic acids is 1. The van der Waals surface area contributed by atoms with Crippen LogP contribution in [0.4, 0.5) is 0 Å². The largest absolute Gasteiger partial charge is 0.350 e. The number of pyridine rings is 1. The smallest absolute Gasteiger partial charge is 0.251 e. The van der Waals surface area contributed by atoms with Crippen molar-refractivity contribution in [2.75, 3.05) is 0 Å². The van der Waals surface area contributed by atoms with Gasteiger partial charge in [0.05, 0.1) is 0 Å². The lowest BCUT2D eigenvalue weighted by atomic mass is 10.2. The molecule has 1 N–H and O–H groups in total. The summed E-state index contributed by atoms with van der Waals surface area (Å²) in [6.45, 7) is 11.7. The number of carbonyl (C=O) groups is 1. The van der Waals surface area contributed by atoms with Gasteiger partial charge in [0, 0.05) is 23.0 Å². The highest BCUT2D eigenvalue weighted by Crippen LogP contribution is 2.04. The van der Waals surface area contributed by atoms with E-state index in [1.807, 2.05) is 41.5 Å². The van der Waals surface area contributed by atoms with Crippen LogP contribution >= 0.6 is 0 Å². The van der Waals surface area contributed by atoms with Crippen molar-refractivity contribution < 1.29 is 4.79 Å². The maximum atomic E-state index is 11.6. The summed E-state index contributed by atoms with van der Waals surface area (Å²) in [5, 5.41) is 2.85. The molecule has 0 aliphatic rings. The quantitative estimate of drug-likeness (QED) is 0.836. The standard InChI is InChI=1S/C11H16N2O.C2H6/c1-7(2)12-11(14)10-5-8(3)13-9(4)6-10;1-2/h5-7H,1-4H3,(H,12,14);1-2H3. The maximum absolute atomic E-state index is 11.6. The van der Waals surface area contributed by atoms with Gasteiger partial charge < -0.3 is 5.32 Å². The van der Waals surface area contributed by atoms with Crippen molar-refractivity contribution in [3.05, 3.63) is 29.1 Å². The molecule has 0 saturated carbocycles. The van der Waals surface area contributed by atoms with Crippen LogP contribution in [-0.4, -0.2) is 16.9 Å². The summed E-state index contributed by atoms with van der Waals surface area (Å²) in [4.78, 5) is 15.8. The molecule has 16 heavy (non-hydrogen) atoms. The van der Waals surface area contributed by atoms with Gasteiger partial charge in [0.25, 0.3) is 5.91 Å². The highest BCUT2D eigenvalue weighted by molar-refractivity contribution is 5.94. The Labute approximate surface area is 98.3 Å². The Hall–Kier alpha value is -1.38. The van der Waals surface area contributed by atoms with Crippen LogP contribution in [0.2, 0.25) is 0 Å². The monoisotopic (exact) mass is 222 g/mol. The minimum absolute atomic E-state index is 0.0337. The van der Waals surface area contributed by atoms with Crippen molar-refractivity contribution in [2.24, 2.45) is 0 Å².